The molecule has 0 aromatic heterocycles. The molecule has 8 nitrogen and oxygen atoms in total. The van der Waals surface area contributed by atoms with Crippen LogP contribution in [0.5, 0.6) is 17.2 Å². The minimum Gasteiger partial charge on any atom is -0.493 e. The zero-order chi connectivity index (χ0) is 27.9. The molecule has 1 saturated heterocycles. The zero-order valence-corrected chi connectivity index (χ0v) is 23.2. The fourth-order valence-corrected chi connectivity index (χ4v) is 4.76. The number of ether oxygens (including phenoxy) is 3. The highest BCUT2D eigenvalue weighted by atomic mass is 35.5. The molecule has 3 aromatic carbocycles. The van der Waals surface area contributed by atoms with Crippen LogP contribution in [0.25, 0.3) is 6.08 Å². The maximum absolute atomic E-state index is 12.9. The van der Waals surface area contributed by atoms with E-state index in [2.05, 4.69) is 5.32 Å². The summed E-state index contributed by atoms with van der Waals surface area (Å²) in [5.74, 6) is 0.523. The fourth-order valence-electron chi connectivity index (χ4n) is 3.71. The monoisotopic (exact) mass is 566 g/mol. The Balaban J connectivity index is 1.35. The van der Waals surface area contributed by atoms with E-state index < -0.39 is 5.91 Å². The van der Waals surface area contributed by atoms with E-state index in [1.165, 1.54) is 7.11 Å². The molecular formula is C29H27ClN2O6S. The predicted molar refractivity (Wildman–Crippen MR) is 153 cm³/mol. The van der Waals surface area contributed by atoms with Gasteiger partial charge in [-0.3, -0.25) is 19.3 Å². The first-order valence-electron chi connectivity index (χ1n) is 12.1. The highest BCUT2D eigenvalue weighted by Crippen LogP contribution is 2.34. The van der Waals surface area contributed by atoms with E-state index in [9.17, 15) is 14.4 Å². The zero-order valence-electron chi connectivity index (χ0n) is 21.7. The van der Waals surface area contributed by atoms with E-state index in [-0.39, 0.29) is 35.8 Å². The second-order valence-electron chi connectivity index (χ2n) is 8.66. The molecule has 0 spiro atoms. The van der Waals surface area contributed by atoms with Gasteiger partial charge in [-0.2, -0.15) is 0 Å². The van der Waals surface area contributed by atoms with Gasteiger partial charge in [-0.15, -0.1) is 0 Å². The number of halogens is 1. The van der Waals surface area contributed by atoms with Gasteiger partial charge in [-0.25, -0.2) is 0 Å². The number of benzene rings is 3. The number of imide groups is 1. The number of carbonyl (C=O) groups is 3. The first kappa shape index (κ1) is 28.1. The van der Waals surface area contributed by atoms with Crippen molar-refractivity contribution in [1.29, 1.82) is 0 Å². The number of methoxy groups -OCH3 is 1. The molecular weight excluding hydrogens is 540 g/mol. The number of nitrogens with one attached hydrogen (secondary N) is 1. The van der Waals surface area contributed by atoms with Gasteiger partial charge in [0.2, 0.25) is 0 Å². The molecule has 39 heavy (non-hydrogen) atoms. The fraction of sp³-hybridized carbons (Fsp3) is 0.207. The van der Waals surface area contributed by atoms with Crippen LogP contribution in [0, 0.1) is 13.8 Å². The molecule has 1 fully saturated rings. The van der Waals surface area contributed by atoms with Gasteiger partial charge in [0.05, 0.1) is 23.6 Å². The number of aryl methyl sites for hydroxylation is 2. The average Bonchev–Trinajstić information content (AvgIpc) is 3.18. The molecule has 0 atom stereocenters. The minimum absolute atomic E-state index is 0.0908. The topological polar surface area (TPSA) is 94.2 Å². The van der Waals surface area contributed by atoms with Crippen LogP contribution in [0.15, 0.2) is 65.6 Å². The lowest BCUT2D eigenvalue weighted by Gasteiger charge is -2.14. The number of hydrogen-bond donors (Lipinski definition) is 1. The number of amides is 3. The number of rotatable bonds is 10. The highest BCUT2D eigenvalue weighted by molar-refractivity contribution is 8.18. The van der Waals surface area contributed by atoms with Crippen LogP contribution in [-0.2, 0) is 9.59 Å². The number of hydrogen-bond acceptors (Lipinski definition) is 7. The molecule has 0 aliphatic carbocycles. The van der Waals surface area contributed by atoms with Crippen molar-refractivity contribution in [2.45, 2.75) is 13.8 Å². The summed E-state index contributed by atoms with van der Waals surface area (Å²) < 4.78 is 16.7. The summed E-state index contributed by atoms with van der Waals surface area (Å²) in [7, 11) is 1.48. The van der Waals surface area contributed by atoms with Gasteiger partial charge in [0.25, 0.3) is 17.1 Å². The summed E-state index contributed by atoms with van der Waals surface area (Å²) in [6.07, 6.45) is 1.61. The quantitative estimate of drug-likeness (QED) is 0.296. The standard InChI is InChI=1S/C29H27ClN2O6S/c1-18-8-10-21(14-19(18)2)31-27(33)17-38-24-11-9-20(15-25(24)36-3)16-26-28(34)32(29(35)39-26)12-13-37-23-7-5-4-6-22(23)30/h4-11,14-16H,12-13,17H2,1-3H3,(H,31,33)/b26-16-. The van der Waals surface area contributed by atoms with E-state index in [0.717, 1.165) is 27.8 Å². The SMILES string of the molecule is COc1cc(/C=C2\SC(=O)N(CCOc3ccccc3Cl)C2=O)ccc1OCC(=O)Nc1ccc(C)c(C)c1. The van der Waals surface area contributed by atoms with Crippen LogP contribution in [0.1, 0.15) is 16.7 Å². The third kappa shape index (κ3) is 7.13. The number of anilines is 1. The van der Waals surface area contributed by atoms with Crippen LogP contribution >= 0.6 is 23.4 Å². The Labute approximate surface area is 235 Å². The van der Waals surface area contributed by atoms with E-state index in [4.69, 9.17) is 25.8 Å². The first-order valence-corrected chi connectivity index (χ1v) is 13.2. The Kier molecular flexibility index (Phi) is 9.16. The van der Waals surface area contributed by atoms with E-state index in [1.54, 1.807) is 48.5 Å². The van der Waals surface area contributed by atoms with Gasteiger partial charge in [-0.1, -0.05) is 35.9 Å². The molecule has 202 valence electrons. The van der Waals surface area contributed by atoms with Crippen LogP contribution in [0.3, 0.4) is 0 Å². The van der Waals surface area contributed by atoms with Gasteiger partial charge < -0.3 is 19.5 Å². The Morgan fingerprint density at radius 1 is 0.974 bits per heavy atom. The lowest BCUT2D eigenvalue weighted by atomic mass is 10.1. The molecule has 0 bridgehead atoms. The number of thioether (sulfide) groups is 1. The van der Waals surface area contributed by atoms with Crippen LogP contribution in [0.2, 0.25) is 5.02 Å². The second kappa shape index (κ2) is 12.7. The maximum atomic E-state index is 12.9. The third-order valence-corrected chi connectivity index (χ3v) is 7.14. The summed E-state index contributed by atoms with van der Waals surface area (Å²) in [6.45, 7) is 3.98. The maximum Gasteiger partial charge on any atom is 0.293 e. The van der Waals surface area contributed by atoms with Gasteiger partial charge in [0, 0.05) is 5.69 Å². The Morgan fingerprint density at radius 3 is 2.51 bits per heavy atom. The van der Waals surface area contributed by atoms with Crippen molar-refractivity contribution in [2.75, 3.05) is 32.2 Å². The molecule has 1 N–H and O–H groups in total. The summed E-state index contributed by atoms with van der Waals surface area (Å²) in [4.78, 5) is 39.1. The molecule has 1 aliphatic heterocycles. The van der Waals surface area contributed by atoms with Crippen molar-refractivity contribution in [3.63, 3.8) is 0 Å². The van der Waals surface area contributed by atoms with Gasteiger partial charge in [-0.05, 0) is 84.8 Å². The third-order valence-electron chi connectivity index (χ3n) is 5.92. The van der Waals surface area contributed by atoms with Gasteiger partial charge in [0.1, 0.15) is 12.4 Å². The molecule has 4 rings (SSSR count). The van der Waals surface area contributed by atoms with E-state index in [1.807, 2.05) is 32.0 Å². The first-order chi connectivity index (χ1) is 18.7. The van der Waals surface area contributed by atoms with Crippen molar-refractivity contribution < 1.29 is 28.6 Å². The normalized spacial score (nSPS) is 14.1. The molecule has 3 aromatic rings. The predicted octanol–water partition coefficient (Wildman–Crippen LogP) is 6.10. The molecule has 10 heteroatoms. The van der Waals surface area contributed by atoms with Crippen LogP contribution < -0.4 is 19.5 Å². The lowest BCUT2D eigenvalue weighted by molar-refractivity contribution is -0.123. The van der Waals surface area contributed by atoms with E-state index in [0.29, 0.717) is 33.5 Å². The average molecular weight is 567 g/mol. The van der Waals surface area contributed by atoms with Crippen molar-refractivity contribution in [2.24, 2.45) is 0 Å². The molecule has 3 amide bonds. The molecule has 1 aliphatic rings. The largest absolute Gasteiger partial charge is 0.493 e. The summed E-state index contributed by atoms with van der Waals surface area (Å²) in [5.41, 5.74) is 3.55. The van der Waals surface area contributed by atoms with Gasteiger partial charge in [0.15, 0.2) is 18.1 Å². The highest BCUT2D eigenvalue weighted by Gasteiger charge is 2.34. The minimum atomic E-state index is -0.407. The van der Waals surface area contributed by atoms with E-state index >= 15 is 0 Å². The van der Waals surface area contributed by atoms with Crippen molar-refractivity contribution in [3.05, 3.63) is 87.3 Å². The summed E-state index contributed by atoms with van der Waals surface area (Å²) in [5, 5.41) is 2.89. The molecule has 0 radical (unpaired) electrons. The van der Waals surface area contributed by atoms with Gasteiger partial charge >= 0.3 is 0 Å². The Bertz CT molecular complexity index is 1440. The van der Waals surface area contributed by atoms with Crippen LogP contribution in [0.4, 0.5) is 10.5 Å². The Morgan fingerprint density at radius 2 is 1.77 bits per heavy atom. The second-order valence-corrected chi connectivity index (χ2v) is 10.1. The lowest BCUT2D eigenvalue weighted by Crippen LogP contribution is -2.32. The van der Waals surface area contributed by atoms with Crippen molar-refractivity contribution in [1.82, 2.24) is 4.90 Å². The number of para-hydroxylation sites is 1. The van der Waals surface area contributed by atoms with Crippen molar-refractivity contribution >= 4 is 52.2 Å². The molecule has 0 saturated carbocycles. The smallest absolute Gasteiger partial charge is 0.293 e. The number of nitrogens with zero attached hydrogens (tertiary/aromatic N) is 1. The molecule has 0 unspecified atom stereocenters. The summed E-state index contributed by atoms with van der Waals surface area (Å²) in [6, 6.07) is 17.7. The van der Waals surface area contributed by atoms with Crippen molar-refractivity contribution in [3.8, 4) is 17.2 Å². The molecule has 1 heterocycles. The Hall–Kier alpha value is -3.95. The summed E-state index contributed by atoms with van der Waals surface area (Å²) >= 11 is 6.93. The number of carbonyl (C=O) groups excluding carboxylic acids is 3. The van der Waals surface area contributed by atoms with Crippen LogP contribution in [-0.4, -0.2) is 48.8 Å².